The number of carboxylic acids is 1. The minimum atomic E-state index is -1.11. The van der Waals surface area contributed by atoms with Gasteiger partial charge in [-0.2, -0.15) is 0 Å². The van der Waals surface area contributed by atoms with Crippen LogP contribution in [0.1, 0.15) is 32.6 Å². The third kappa shape index (κ3) is 6.88. The van der Waals surface area contributed by atoms with Crippen LogP contribution in [-0.4, -0.2) is 33.3 Å². The number of aliphatic carboxylic acids is 1. The first-order valence-corrected chi connectivity index (χ1v) is 10.1. The smallest absolute Gasteiger partial charge is 0.308 e. The first-order valence-electron chi connectivity index (χ1n) is 8.60. The van der Waals surface area contributed by atoms with E-state index < -0.39 is 17.1 Å². The molecule has 0 spiro atoms. The molecule has 0 radical (unpaired) electrons. The molecule has 2 atom stereocenters. The van der Waals surface area contributed by atoms with Crippen LogP contribution in [0.25, 0.3) is 0 Å². The summed E-state index contributed by atoms with van der Waals surface area (Å²) in [5.41, 5.74) is 3.22. The van der Waals surface area contributed by atoms with Crippen molar-refractivity contribution in [2.24, 2.45) is 10.9 Å². The van der Waals surface area contributed by atoms with Crippen molar-refractivity contribution in [1.82, 2.24) is 0 Å². The molecular weight excluding hydrogens is 334 g/mol. The number of allylic oxidation sites excluding steroid dienone is 8. The minimum Gasteiger partial charge on any atom is -0.616 e. The van der Waals surface area contributed by atoms with E-state index in [4.69, 9.17) is 5.11 Å². The van der Waals surface area contributed by atoms with Crippen LogP contribution in [0.3, 0.4) is 0 Å². The summed E-state index contributed by atoms with van der Waals surface area (Å²) in [5.74, 6) is -0.0192. The molecule has 1 heterocycles. The molecule has 25 heavy (non-hydrogen) atoms. The quantitative estimate of drug-likeness (QED) is 0.699. The van der Waals surface area contributed by atoms with Gasteiger partial charge in [0.1, 0.15) is 11.5 Å². The van der Waals surface area contributed by atoms with E-state index in [9.17, 15) is 9.35 Å². The van der Waals surface area contributed by atoms with Crippen molar-refractivity contribution in [3.63, 3.8) is 0 Å². The van der Waals surface area contributed by atoms with Gasteiger partial charge in [0, 0.05) is 12.1 Å². The summed E-state index contributed by atoms with van der Waals surface area (Å²) >= 11 is -1.11. The van der Waals surface area contributed by atoms with E-state index in [0.29, 0.717) is 5.75 Å². The fourth-order valence-corrected chi connectivity index (χ4v) is 3.99. The molecule has 1 aliphatic heterocycles. The fourth-order valence-electron chi connectivity index (χ4n) is 2.65. The Morgan fingerprint density at radius 2 is 2.16 bits per heavy atom. The average molecular weight is 359 g/mol. The number of carboxylic acid groups (broad SMARTS) is 1. The number of hydrogen-bond acceptors (Lipinski definition) is 3. The van der Waals surface area contributed by atoms with E-state index in [2.05, 4.69) is 35.4 Å². The maximum atomic E-state index is 12.0. The normalized spacial score (nSPS) is 24.5. The lowest BCUT2D eigenvalue weighted by Gasteiger charge is -2.17. The maximum absolute atomic E-state index is 12.0. The van der Waals surface area contributed by atoms with E-state index in [-0.39, 0.29) is 18.1 Å². The second-order valence-corrected chi connectivity index (χ2v) is 7.82. The lowest BCUT2D eigenvalue weighted by Crippen LogP contribution is -2.20. The Kier molecular flexibility index (Phi) is 7.95. The predicted octanol–water partition coefficient (Wildman–Crippen LogP) is 3.96. The zero-order chi connectivity index (χ0) is 18.1. The zero-order valence-corrected chi connectivity index (χ0v) is 15.4. The van der Waals surface area contributed by atoms with Crippen LogP contribution in [0.2, 0.25) is 0 Å². The molecule has 0 amide bonds. The Balaban J connectivity index is 2.03. The lowest BCUT2D eigenvalue weighted by molar-refractivity contribution is -0.136. The Labute approximate surface area is 152 Å². The van der Waals surface area contributed by atoms with Crippen LogP contribution in [0.4, 0.5) is 0 Å². The molecule has 0 bridgehead atoms. The van der Waals surface area contributed by atoms with Crippen LogP contribution in [0, 0.1) is 5.92 Å². The second-order valence-electron chi connectivity index (χ2n) is 6.19. The van der Waals surface area contributed by atoms with Crippen LogP contribution < -0.4 is 0 Å². The fraction of sp³-hybridized carbons (Fsp3) is 0.400. The molecular formula is C20H25NO3S. The van der Waals surface area contributed by atoms with Gasteiger partial charge >= 0.3 is 5.97 Å². The molecule has 2 rings (SSSR count). The number of carbonyl (C=O) groups is 1. The molecule has 1 N–H and O–H groups in total. The van der Waals surface area contributed by atoms with Crippen molar-refractivity contribution in [3.8, 4) is 0 Å². The number of aliphatic imine (C=N–C) groups is 1. The maximum Gasteiger partial charge on any atom is 0.308 e. The van der Waals surface area contributed by atoms with Crippen molar-refractivity contribution in [1.29, 1.82) is 0 Å². The molecule has 0 aromatic carbocycles. The van der Waals surface area contributed by atoms with E-state index in [1.165, 1.54) is 5.57 Å². The highest BCUT2D eigenvalue weighted by molar-refractivity contribution is 7.91. The third-order valence-electron chi connectivity index (χ3n) is 4.12. The van der Waals surface area contributed by atoms with Gasteiger partial charge in [-0.1, -0.05) is 60.1 Å². The molecule has 134 valence electrons. The molecule has 2 unspecified atom stereocenters. The van der Waals surface area contributed by atoms with Crippen molar-refractivity contribution >= 4 is 23.4 Å². The summed E-state index contributed by atoms with van der Waals surface area (Å²) in [4.78, 5) is 15.1. The molecule has 1 aliphatic carbocycles. The summed E-state index contributed by atoms with van der Waals surface area (Å²) in [6.07, 6.45) is 19.2. The molecule has 0 saturated carbocycles. The van der Waals surface area contributed by atoms with E-state index in [0.717, 1.165) is 30.5 Å². The topological polar surface area (TPSA) is 72.7 Å². The first-order chi connectivity index (χ1) is 12.1. The van der Waals surface area contributed by atoms with Crippen molar-refractivity contribution < 1.29 is 14.5 Å². The Morgan fingerprint density at radius 1 is 1.32 bits per heavy atom. The average Bonchev–Trinajstić information content (AvgIpc) is 2.79. The van der Waals surface area contributed by atoms with Gasteiger partial charge in [0.05, 0.1) is 12.1 Å². The van der Waals surface area contributed by atoms with Gasteiger partial charge in [0.2, 0.25) is 0 Å². The molecule has 0 saturated heterocycles. The number of hydrogen-bond donors (Lipinski definition) is 1. The van der Waals surface area contributed by atoms with Crippen molar-refractivity contribution in [2.75, 3.05) is 11.5 Å². The van der Waals surface area contributed by atoms with E-state index in [1.807, 2.05) is 25.3 Å². The van der Waals surface area contributed by atoms with Gasteiger partial charge in [-0.15, -0.1) is 0 Å². The second kappa shape index (κ2) is 10.2. The number of nitrogens with zero attached hydrogens (tertiary/aromatic N) is 1. The standard InChI is InChI=1S/C20H25NO3S/c1-16(15-25(24)14-12-20(22)23)17-7-6-8-18(11-10-17)19-9-4-2-3-5-13-21-19/h2,4,6,8-11,13,16H,3,5,7,12,14-15H2,1H3,(H,22,23)/b4-2-,19-9-,21-13-. The Hall–Kier alpha value is -1.85. The monoisotopic (exact) mass is 359 g/mol. The lowest BCUT2D eigenvalue weighted by atomic mass is 10.00. The number of rotatable bonds is 7. The molecule has 0 fully saturated rings. The SMILES string of the molecule is CC(C[S+]([O-])CCC(=O)O)C1=CC=C(C2=C/C=C\CC/C=N\2)C=CC1. The Morgan fingerprint density at radius 3 is 2.96 bits per heavy atom. The summed E-state index contributed by atoms with van der Waals surface area (Å²) in [6, 6.07) is 0. The van der Waals surface area contributed by atoms with Gasteiger partial charge in [0.15, 0.2) is 0 Å². The molecule has 0 aromatic heterocycles. The van der Waals surface area contributed by atoms with E-state index >= 15 is 0 Å². The zero-order valence-electron chi connectivity index (χ0n) is 14.6. The highest BCUT2D eigenvalue weighted by atomic mass is 32.2. The van der Waals surface area contributed by atoms with Gasteiger partial charge in [-0.3, -0.25) is 9.79 Å². The van der Waals surface area contributed by atoms with Crippen molar-refractivity contribution in [2.45, 2.75) is 32.6 Å². The van der Waals surface area contributed by atoms with Gasteiger partial charge < -0.3 is 9.66 Å². The predicted molar refractivity (Wildman–Crippen MR) is 104 cm³/mol. The molecule has 5 heteroatoms. The van der Waals surface area contributed by atoms with Gasteiger partial charge in [-0.05, 0) is 30.9 Å². The van der Waals surface area contributed by atoms with Crippen LogP contribution in [-0.2, 0) is 16.0 Å². The van der Waals surface area contributed by atoms with Gasteiger partial charge in [0.25, 0.3) is 0 Å². The van der Waals surface area contributed by atoms with Crippen LogP contribution in [0.5, 0.6) is 0 Å². The molecule has 2 aliphatic rings. The summed E-state index contributed by atoms with van der Waals surface area (Å²) in [5, 5.41) is 8.69. The molecule has 4 nitrogen and oxygen atoms in total. The minimum absolute atomic E-state index is 0.0397. The van der Waals surface area contributed by atoms with Gasteiger partial charge in [-0.25, -0.2) is 0 Å². The summed E-state index contributed by atoms with van der Waals surface area (Å²) in [7, 11) is 0. The highest BCUT2D eigenvalue weighted by Gasteiger charge is 2.17. The summed E-state index contributed by atoms with van der Waals surface area (Å²) in [6.45, 7) is 2.05. The van der Waals surface area contributed by atoms with Crippen LogP contribution in [0.15, 0.2) is 64.4 Å². The van der Waals surface area contributed by atoms with Crippen LogP contribution >= 0.6 is 0 Å². The Bertz CT molecular complexity index is 656. The van der Waals surface area contributed by atoms with E-state index in [1.54, 1.807) is 0 Å². The largest absolute Gasteiger partial charge is 0.616 e. The van der Waals surface area contributed by atoms with Crippen molar-refractivity contribution in [3.05, 3.63) is 59.4 Å². The summed E-state index contributed by atoms with van der Waals surface area (Å²) < 4.78 is 12.0. The third-order valence-corrected chi connectivity index (χ3v) is 5.65. The highest BCUT2D eigenvalue weighted by Crippen LogP contribution is 2.24. The molecule has 0 aromatic rings. The first kappa shape index (κ1) is 19.5.